The quantitative estimate of drug-likeness (QED) is 0.813. The van der Waals surface area contributed by atoms with Gasteiger partial charge in [-0.3, -0.25) is 9.69 Å². The lowest BCUT2D eigenvalue weighted by molar-refractivity contribution is -0.117. The van der Waals surface area contributed by atoms with E-state index in [1.54, 1.807) is 0 Å². The first kappa shape index (κ1) is 17.0. The highest BCUT2D eigenvalue weighted by atomic mass is 16.2. The first-order valence-electron chi connectivity index (χ1n) is 8.47. The summed E-state index contributed by atoms with van der Waals surface area (Å²) in [6.45, 7) is 5.81. The molecule has 1 aromatic carbocycles. The van der Waals surface area contributed by atoms with Crippen LogP contribution in [0.5, 0.6) is 0 Å². The maximum absolute atomic E-state index is 12.2. The molecule has 1 aliphatic rings. The SMILES string of the molecule is CCc1cccc(NC(=O)CN2CCC(CCNC)CC2)c1. The van der Waals surface area contributed by atoms with Gasteiger partial charge in [0.15, 0.2) is 0 Å². The first-order chi connectivity index (χ1) is 10.7. The largest absolute Gasteiger partial charge is 0.325 e. The van der Waals surface area contributed by atoms with Crippen LogP contribution in [0.3, 0.4) is 0 Å². The van der Waals surface area contributed by atoms with Gasteiger partial charge in [0.1, 0.15) is 0 Å². The molecule has 0 aliphatic carbocycles. The molecule has 1 heterocycles. The number of rotatable bonds is 7. The van der Waals surface area contributed by atoms with Crippen molar-refractivity contribution in [3.05, 3.63) is 29.8 Å². The third-order valence-corrected chi connectivity index (χ3v) is 4.50. The highest BCUT2D eigenvalue weighted by molar-refractivity contribution is 5.92. The number of carbonyl (C=O) groups is 1. The average Bonchev–Trinajstić information content (AvgIpc) is 2.54. The van der Waals surface area contributed by atoms with Crippen molar-refractivity contribution in [3.8, 4) is 0 Å². The van der Waals surface area contributed by atoms with E-state index < -0.39 is 0 Å². The maximum Gasteiger partial charge on any atom is 0.238 e. The molecule has 22 heavy (non-hydrogen) atoms. The molecule has 2 N–H and O–H groups in total. The number of likely N-dealkylation sites (tertiary alicyclic amines) is 1. The second-order valence-electron chi connectivity index (χ2n) is 6.21. The Bertz CT molecular complexity index is 467. The molecule has 0 atom stereocenters. The number of nitrogens with one attached hydrogen (secondary N) is 2. The van der Waals surface area contributed by atoms with E-state index in [2.05, 4.69) is 34.6 Å². The van der Waals surface area contributed by atoms with Gasteiger partial charge in [-0.05, 0) is 76.0 Å². The normalized spacial score (nSPS) is 16.6. The standard InChI is InChI=1S/C18H29N3O/c1-3-15-5-4-6-17(13-15)20-18(22)14-21-11-8-16(9-12-21)7-10-19-2/h4-6,13,16,19H,3,7-12,14H2,1-2H3,(H,20,22). The van der Waals surface area contributed by atoms with Crippen LogP contribution in [-0.4, -0.2) is 44.0 Å². The van der Waals surface area contributed by atoms with Crippen molar-refractivity contribution in [1.82, 2.24) is 10.2 Å². The lowest BCUT2D eigenvalue weighted by atomic mass is 9.93. The second kappa shape index (κ2) is 8.91. The number of hydrogen-bond donors (Lipinski definition) is 2. The van der Waals surface area contributed by atoms with E-state index in [0.29, 0.717) is 6.54 Å². The fourth-order valence-electron chi connectivity index (χ4n) is 3.05. The first-order valence-corrected chi connectivity index (χ1v) is 8.47. The molecule has 0 unspecified atom stereocenters. The van der Waals surface area contributed by atoms with Crippen LogP contribution in [0.15, 0.2) is 24.3 Å². The Balaban J connectivity index is 1.73. The molecule has 0 saturated carbocycles. The van der Waals surface area contributed by atoms with Gasteiger partial charge in [0.25, 0.3) is 0 Å². The van der Waals surface area contributed by atoms with E-state index in [1.807, 2.05) is 19.2 Å². The van der Waals surface area contributed by atoms with E-state index in [-0.39, 0.29) is 5.91 Å². The Morgan fingerprint density at radius 3 is 2.77 bits per heavy atom. The van der Waals surface area contributed by atoms with Crippen LogP contribution < -0.4 is 10.6 Å². The number of piperidine rings is 1. The van der Waals surface area contributed by atoms with Gasteiger partial charge in [-0.2, -0.15) is 0 Å². The minimum absolute atomic E-state index is 0.0990. The number of aryl methyl sites for hydroxylation is 1. The minimum atomic E-state index is 0.0990. The summed E-state index contributed by atoms with van der Waals surface area (Å²) in [5, 5.41) is 6.24. The molecule has 1 aromatic rings. The topological polar surface area (TPSA) is 44.4 Å². The minimum Gasteiger partial charge on any atom is -0.325 e. The molecule has 1 saturated heterocycles. The van der Waals surface area contributed by atoms with Crippen LogP contribution in [0.1, 0.15) is 31.7 Å². The van der Waals surface area contributed by atoms with Crippen LogP contribution in [0.2, 0.25) is 0 Å². The van der Waals surface area contributed by atoms with Crippen LogP contribution in [0, 0.1) is 5.92 Å². The van der Waals surface area contributed by atoms with Crippen LogP contribution >= 0.6 is 0 Å². The summed E-state index contributed by atoms with van der Waals surface area (Å²) in [5.41, 5.74) is 2.16. The van der Waals surface area contributed by atoms with E-state index in [4.69, 9.17) is 0 Å². The summed E-state index contributed by atoms with van der Waals surface area (Å²) in [6.07, 6.45) is 4.66. The van der Waals surface area contributed by atoms with Gasteiger partial charge in [0, 0.05) is 5.69 Å². The van der Waals surface area contributed by atoms with Gasteiger partial charge in [0.2, 0.25) is 5.91 Å². The third-order valence-electron chi connectivity index (χ3n) is 4.50. The van der Waals surface area contributed by atoms with E-state index in [0.717, 1.165) is 37.7 Å². The van der Waals surface area contributed by atoms with Crippen molar-refractivity contribution < 1.29 is 4.79 Å². The number of anilines is 1. The number of carbonyl (C=O) groups excluding carboxylic acids is 1. The summed E-state index contributed by atoms with van der Waals surface area (Å²) >= 11 is 0. The molecule has 0 aromatic heterocycles. The molecule has 4 heteroatoms. The molecule has 122 valence electrons. The fourth-order valence-corrected chi connectivity index (χ4v) is 3.05. The predicted molar refractivity (Wildman–Crippen MR) is 92.2 cm³/mol. The monoisotopic (exact) mass is 303 g/mol. The lowest BCUT2D eigenvalue weighted by Crippen LogP contribution is -2.39. The molecule has 1 amide bonds. The fraction of sp³-hybridized carbons (Fsp3) is 0.611. The van der Waals surface area contributed by atoms with Gasteiger partial charge in [-0.25, -0.2) is 0 Å². The Hall–Kier alpha value is -1.39. The number of benzene rings is 1. The Morgan fingerprint density at radius 2 is 2.09 bits per heavy atom. The maximum atomic E-state index is 12.2. The van der Waals surface area contributed by atoms with Gasteiger partial charge in [-0.15, -0.1) is 0 Å². The zero-order valence-corrected chi connectivity index (χ0v) is 13.9. The van der Waals surface area contributed by atoms with E-state index in [1.165, 1.54) is 24.8 Å². The Labute approximate surface area is 134 Å². The van der Waals surface area contributed by atoms with Crippen LogP contribution in [0.25, 0.3) is 0 Å². The Morgan fingerprint density at radius 1 is 1.32 bits per heavy atom. The van der Waals surface area contributed by atoms with Crippen molar-refractivity contribution in [1.29, 1.82) is 0 Å². The summed E-state index contributed by atoms with van der Waals surface area (Å²) in [6, 6.07) is 8.11. The summed E-state index contributed by atoms with van der Waals surface area (Å²) in [5.74, 6) is 0.912. The molecule has 0 radical (unpaired) electrons. The van der Waals surface area contributed by atoms with Crippen LogP contribution in [0.4, 0.5) is 5.69 Å². The van der Waals surface area contributed by atoms with Crippen molar-refractivity contribution in [2.45, 2.75) is 32.6 Å². The summed E-state index contributed by atoms with van der Waals surface area (Å²) in [4.78, 5) is 14.4. The number of nitrogens with zero attached hydrogens (tertiary/aromatic N) is 1. The van der Waals surface area contributed by atoms with E-state index >= 15 is 0 Å². The molecular formula is C18H29N3O. The van der Waals surface area contributed by atoms with E-state index in [9.17, 15) is 4.79 Å². The molecule has 1 aliphatic heterocycles. The van der Waals surface area contributed by atoms with Gasteiger partial charge < -0.3 is 10.6 Å². The number of amides is 1. The highest BCUT2D eigenvalue weighted by Gasteiger charge is 2.20. The van der Waals surface area contributed by atoms with Crippen molar-refractivity contribution in [2.24, 2.45) is 5.92 Å². The molecule has 0 bridgehead atoms. The zero-order chi connectivity index (χ0) is 15.8. The molecule has 2 rings (SSSR count). The molecule has 0 spiro atoms. The molecular weight excluding hydrogens is 274 g/mol. The highest BCUT2D eigenvalue weighted by Crippen LogP contribution is 2.20. The second-order valence-corrected chi connectivity index (χ2v) is 6.21. The zero-order valence-electron chi connectivity index (χ0n) is 13.9. The number of hydrogen-bond acceptors (Lipinski definition) is 3. The van der Waals surface area contributed by atoms with Crippen LogP contribution in [-0.2, 0) is 11.2 Å². The van der Waals surface area contributed by atoms with Crippen molar-refractivity contribution >= 4 is 11.6 Å². The summed E-state index contributed by atoms with van der Waals surface area (Å²) in [7, 11) is 2.01. The smallest absolute Gasteiger partial charge is 0.238 e. The van der Waals surface area contributed by atoms with Crippen molar-refractivity contribution in [2.75, 3.05) is 38.5 Å². The molecule has 1 fully saturated rings. The van der Waals surface area contributed by atoms with Crippen molar-refractivity contribution in [3.63, 3.8) is 0 Å². The Kier molecular flexibility index (Phi) is 6.87. The van der Waals surface area contributed by atoms with Gasteiger partial charge >= 0.3 is 0 Å². The molecule has 4 nitrogen and oxygen atoms in total. The van der Waals surface area contributed by atoms with Gasteiger partial charge in [0.05, 0.1) is 6.54 Å². The average molecular weight is 303 g/mol. The van der Waals surface area contributed by atoms with Gasteiger partial charge in [-0.1, -0.05) is 19.1 Å². The lowest BCUT2D eigenvalue weighted by Gasteiger charge is -2.31. The predicted octanol–water partition coefficient (Wildman–Crippen LogP) is 2.51. The third kappa shape index (κ3) is 5.43. The summed E-state index contributed by atoms with van der Waals surface area (Å²) < 4.78 is 0.